The first-order valence-corrected chi connectivity index (χ1v) is 12.3. The van der Waals surface area contributed by atoms with Gasteiger partial charge < -0.3 is 10.2 Å². The summed E-state index contributed by atoms with van der Waals surface area (Å²) in [4.78, 5) is 13.0. The Kier molecular flexibility index (Phi) is 12.3. The molecule has 2 atom stereocenters. The molecule has 7 nitrogen and oxygen atoms in total. The molecule has 10 heteroatoms. The number of hydrogen-bond donors (Lipinski definition) is 2. The normalized spacial score (nSPS) is 12.6. The first-order valence-electron chi connectivity index (χ1n) is 9.78. The lowest BCUT2D eigenvalue weighted by molar-refractivity contribution is -0.384. The molecule has 2 unspecified atom stereocenters. The smallest absolute Gasteiger partial charge is 0.293 e. The van der Waals surface area contributed by atoms with Crippen LogP contribution in [0.3, 0.4) is 0 Å². The molecule has 0 spiro atoms. The van der Waals surface area contributed by atoms with Crippen LogP contribution in [0.2, 0.25) is 0 Å². The van der Waals surface area contributed by atoms with Crippen molar-refractivity contribution in [1.82, 2.24) is 4.90 Å². The zero-order chi connectivity index (χ0) is 23.4. The van der Waals surface area contributed by atoms with E-state index in [9.17, 15) is 18.7 Å². The number of nitrogens with zero attached hydrogens (tertiary/aromatic N) is 2. The van der Waals surface area contributed by atoms with Crippen molar-refractivity contribution in [3.63, 3.8) is 0 Å². The van der Waals surface area contributed by atoms with Gasteiger partial charge in [-0.05, 0) is 69.6 Å². The molecule has 3 N–H and O–H groups in total. The number of nitro benzene ring substituents is 1. The lowest BCUT2D eigenvalue weighted by Crippen LogP contribution is -2.23. The molecule has 0 saturated carbocycles. The van der Waals surface area contributed by atoms with E-state index in [1.807, 2.05) is 27.3 Å². The third-order valence-electron chi connectivity index (χ3n) is 4.47. The standard InChI is InChI=1S/C13H22N4O3S2.C8H9F/c1-16(2)7-6-10(21-3)9-15-12-5-4-11(22(14)20)8-13(12)17(18)19;1-2-7-3-5-8(9)6-4-7/h4-5,8,10,15H,6-7,9,14H2,1-3H3;3-6H,2H2,1H3. The third-order valence-corrected chi connectivity index (χ3v) is 6.26. The van der Waals surface area contributed by atoms with Gasteiger partial charge in [0.25, 0.3) is 5.69 Å². The molecule has 0 radical (unpaired) electrons. The van der Waals surface area contributed by atoms with Crippen molar-refractivity contribution in [2.45, 2.75) is 29.9 Å². The molecule has 31 heavy (non-hydrogen) atoms. The van der Waals surface area contributed by atoms with E-state index < -0.39 is 15.9 Å². The Bertz CT molecular complexity index is 851. The molecular formula is C21H31FN4O3S2. The van der Waals surface area contributed by atoms with Gasteiger partial charge in [-0.15, -0.1) is 0 Å². The Morgan fingerprint density at radius 1 is 1.26 bits per heavy atom. The number of nitrogens with one attached hydrogen (secondary N) is 1. The van der Waals surface area contributed by atoms with E-state index in [-0.39, 0.29) is 16.4 Å². The number of rotatable bonds is 10. The molecule has 172 valence electrons. The maximum atomic E-state index is 12.2. The minimum atomic E-state index is -1.73. The number of halogens is 1. The summed E-state index contributed by atoms with van der Waals surface area (Å²) >= 11 is 1.73. The van der Waals surface area contributed by atoms with Crippen molar-refractivity contribution in [3.05, 3.63) is 64.0 Å². The highest BCUT2D eigenvalue weighted by Crippen LogP contribution is 2.27. The summed E-state index contributed by atoms with van der Waals surface area (Å²) in [5.74, 6) is -0.160. The molecule has 0 saturated heterocycles. The molecule has 0 aromatic heterocycles. The van der Waals surface area contributed by atoms with Crippen LogP contribution in [0.5, 0.6) is 0 Å². The number of hydrogen-bond acceptors (Lipinski definition) is 6. The van der Waals surface area contributed by atoms with Crippen molar-refractivity contribution >= 4 is 34.1 Å². The minimum absolute atomic E-state index is 0.108. The number of aryl methyl sites for hydroxylation is 1. The molecule has 2 aromatic rings. The zero-order valence-electron chi connectivity index (χ0n) is 18.3. The van der Waals surface area contributed by atoms with Gasteiger partial charge in [0.15, 0.2) is 0 Å². The molecule has 0 bridgehead atoms. The predicted octanol–water partition coefficient (Wildman–Crippen LogP) is 4.06. The van der Waals surface area contributed by atoms with Crippen LogP contribution in [-0.4, -0.2) is 52.7 Å². The first-order chi connectivity index (χ1) is 14.7. The third kappa shape index (κ3) is 10.2. The Hall–Kier alpha value is -2.01. The fourth-order valence-corrected chi connectivity index (χ4v) is 3.61. The molecule has 0 aliphatic heterocycles. The van der Waals surface area contributed by atoms with Gasteiger partial charge in [0.05, 0.1) is 9.82 Å². The largest absolute Gasteiger partial charge is 0.378 e. The summed E-state index contributed by atoms with van der Waals surface area (Å²) in [5.41, 5.74) is 1.49. The molecule has 2 aromatic carbocycles. The van der Waals surface area contributed by atoms with Gasteiger partial charge in [-0.25, -0.2) is 13.7 Å². The summed E-state index contributed by atoms with van der Waals surface area (Å²) in [6, 6.07) is 10.9. The van der Waals surface area contributed by atoms with Crippen LogP contribution in [0, 0.1) is 15.9 Å². The summed E-state index contributed by atoms with van der Waals surface area (Å²) in [5, 5.41) is 19.9. The van der Waals surface area contributed by atoms with Crippen molar-refractivity contribution in [2.24, 2.45) is 5.14 Å². The zero-order valence-corrected chi connectivity index (χ0v) is 20.0. The highest BCUT2D eigenvalue weighted by atomic mass is 32.2. The number of benzene rings is 2. The molecule has 0 amide bonds. The monoisotopic (exact) mass is 470 g/mol. The number of anilines is 1. The predicted molar refractivity (Wildman–Crippen MR) is 128 cm³/mol. The van der Waals surface area contributed by atoms with E-state index in [4.69, 9.17) is 5.14 Å². The first kappa shape index (κ1) is 27.0. The van der Waals surface area contributed by atoms with Crippen LogP contribution in [-0.2, 0) is 17.4 Å². The van der Waals surface area contributed by atoms with Crippen molar-refractivity contribution in [2.75, 3.05) is 38.8 Å². The van der Waals surface area contributed by atoms with E-state index in [1.165, 1.54) is 23.8 Å². The van der Waals surface area contributed by atoms with Crippen LogP contribution >= 0.6 is 11.8 Å². The maximum Gasteiger partial charge on any atom is 0.293 e. The van der Waals surface area contributed by atoms with E-state index in [1.54, 1.807) is 36.0 Å². The van der Waals surface area contributed by atoms with Crippen molar-refractivity contribution in [1.29, 1.82) is 0 Å². The highest BCUT2D eigenvalue weighted by Gasteiger charge is 2.17. The van der Waals surface area contributed by atoms with Crippen molar-refractivity contribution in [3.8, 4) is 0 Å². The van der Waals surface area contributed by atoms with Crippen LogP contribution in [0.25, 0.3) is 0 Å². The van der Waals surface area contributed by atoms with Crippen LogP contribution in [0.15, 0.2) is 47.4 Å². The fourth-order valence-electron chi connectivity index (χ4n) is 2.59. The lowest BCUT2D eigenvalue weighted by Gasteiger charge is -2.18. The summed E-state index contributed by atoms with van der Waals surface area (Å²) in [6.07, 6.45) is 3.98. The van der Waals surface area contributed by atoms with E-state index in [2.05, 4.69) is 10.2 Å². The van der Waals surface area contributed by atoms with Crippen LogP contribution < -0.4 is 10.5 Å². The molecule has 0 aliphatic rings. The molecule has 0 fully saturated rings. The topological polar surface area (TPSA) is 102 Å². The van der Waals surface area contributed by atoms with E-state index >= 15 is 0 Å². The van der Waals surface area contributed by atoms with Gasteiger partial charge in [-0.1, -0.05) is 19.1 Å². The number of thioether (sulfide) groups is 1. The minimum Gasteiger partial charge on any atom is -0.378 e. The SMILES string of the molecule is CCc1ccc(F)cc1.CSC(CCN(C)C)CNc1ccc(S(N)=O)cc1[N+](=O)[O-]. The van der Waals surface area contributed by atoms with Crippen LogP contribution in [0.4, 0.5) is 15.8 Å². The van der Waals surface area contributed by atoms with Gasteiger partial charge in [0, 0.05) is 17.9 Å². The summed E-state index contributed by atoms with van der Waals surface area (Å²) in [7, 11) is 2.30. The quantitative estimate of drug-likeness (QED) is 0.401. The Labute approximate surface area is 190 Å². The second kappa shape index (κ2) is 14.1. The van der Waals surface area contributed by atoms with Gasteiger partial charge in [0.1, 0.15) is 22.5 Å². The molecule has 2 rings (SSSR count). The fraction of sp³-hybridized carbons (Fsp3) is 0.429. The van der Waals surface area contributed by atoms with E-state index in [0.717, 1.165) is 19.4 Å². The van der Waals surface area contributed by atoms with Gasteiger partial charge in [0.2, 0.25) is 0 Å². The number of nitrogens with two attached hydrogens (primary N) is 1. The average molecular weight is 471 g/mol. The second-order valence-corrected chi connectivity index (χ2v) is 9.25. The Balaban J connectivity index is 0.000000442. The van der Waals surface area contributed by atoms with Crippen molar-refractivity contribution < 1.29 is 13.5 Å². The van der Waals surface area contributed by atoms with Crippen LogP contribution in [0.1, 0.15) is 18.9 Å². The van der Waals surface area contributed by atoms with Gasteiger partial charge in [-0.3, -0.25) is 10.1 Å². The molecule has 0 heterocycles. The number of nitro groups is 1. The van der Waals surface area contributed by atoms with Gasteiger partial charge in [-0.2, -0.15) is 11.8 Å². The Morgan fingerprint density at radius 3 is 2.39 bits per heavy atom. The summed E-state index contributed by atoms with van der Waals surface area (Å²) in [6.45, 7) is 3.63. The highest BCUT2D eigenvalue weighted by molar-refractivity contribution is 7.99. The Morgan fingerprint density at radius 2 is 1.90 bits per heavy atom. The molecular weight excluding hydrogens is 439 g/mol. The average Bonchev–Trinajstić information content (AvgIpc) is 2.74. The van der Waals surface area contributed by atoms with E-state index in [0.29, 0.717) is 17.5 Å². The van der Waals surface area contributed by atoms with Gasteiger partial charge >= 0.3 is 0 Å². The second-order valence-electron chi connectivity index (χ2n) is 7.04. The maximum absolute atomic E-state index is 12.2. The summed E-state index contributed by atoms with van der Waals surface area (Å²) < 4.78 is 23.5. The lowest BCUT2D eigenvalue weighted by atomic mass is 10.2. The molecule has 0 aliphatic carbocycles.